The standard InChI is InChI=1S/C19H35N/c1-20-14-12-18(13-15-20)19(16-8-4-2-5-9-16)17-10-6-3-7-11-17/h16-19H,2-15H2,1H3. The van der Waals surface area contributed by atoms with Gasteiger partial charge in [-0.3, -0.25) is 0 Å². The van der Waals surface area contributed by atoms with Gasteiger partial charge in [0, 0.05) is 0 Å². The van der Waals surface area contributed by atoms with Crippen LogP contribution in [0, 0.1) is 23.7 Å². The molecule has 0 radical (unpaired) electrons. The normalized spacial score (nSPS) is 29.1. The first-order chi connectivity index (χ1) is 9.84. The molecule has 1 nitrogen and oxygen atoms in total. The molecule has 116 valence electrons. The van der Waals surface area contributed by atoms with Gasteiger partial charge in [-0.25, -0.2) is 0 Å². The van der Waals surface area contributed by atoms with Gasteiger partial charge >= 0.3 is 0 Å². The van der Waals surface area contributed by atoms with Crippen LogP contribution in [0.4, 0.5) is 0 Å². The molecule has 20 heavy (non-hydrogen) atoms. The van der Waals surface area contributed by atoms with E-state index in [9.17, 15) is 0 Å². The lowest BCUT2D eigenvalue weighted by Crippen LogP contribution is -2.39. The summed E-state index contributed by atoms with van der Waals surface area (Å²) in [6.45, 7) is 2.72. The number of piperidine rings is 1. The van der Waals surface area contributed by atoms with Gasteiger partial charge in [-0.1, -0.05) is 64.2 Å². The lowest BCUT2D eigenvalue weighted by atomic mass is 9.63. The van der Waals surface area contributed by atoms with Crippen LogP contribution in [0.3, 0.4) is 0 Å². The summed E-state index contributed by atoms with van der Waals surface area (Å²) in [5, 5.41) is 0. The van der Waals surface area contributed by atoms with Gasteiger partial charge in [-0.15, -0.1) is 0 Å². The molecule has 0 aromatic rings. The van der Waals surface area contributed by atoms with Gasteiger partial charge in [-0.05, 0) is 56.7 Å². The van der Waals surface area contributed by atoms with Crippen LogP contribution < -0.4 is 0 Å². The summed E-state index contributed by atoms with van der Waals surface area (Å²) in [5.41, 5.74) is 0. The zero-order chi connectivity index (χ0) is 13.8. The molecule has 1 aliphatic heterocycles. The summed E-state index contributed by atoms with van der Waals surface area (Å²) in [6, 6.07) is 0. The molecule has 1 heterocycles. The van der Waals surface area contributed by atoms with Gasteiger partial charge in [-0.2, -0.15) is 0 Å². The SMILES string of the molecule is CN1CCC(C(C2CCCCC2)C2CCCCC2)CC1. The molecule has 0 unspecified atom stereocenters. The first-order valence-electron chi connectivity index (χ1n) is 9.53. The molecule has 3 aliphatic rings. The van der Waals surface area contributed by atoms with E-state index in [4.69, 9.17) is 0 Å². The minimum Gasteiger partial charge on any atom is -0.306 e. The van der Waals surface area contributed by atoms with Crippen LogP contribution in [0.15, 0.2) is 0 Å². The molecular weight excluding hydrogens is 242 g/mol. The highest BCUT2D eigenvalue weighted by atomic mass is 15.1. The van der Waals surface area contributed by atoms with Crippen molar-refractivity contribution in [3.05, 3.63) is 0 Å². The Bertz CT molecular complexity index is 249. The van der Waals surface area contributed by atoms with Crippen molar-refractivity contribution in [2.24, 2.45) is 23.7 Å². The van der Waals surface area contributed by atoms with E-state index in [1.165, 1.54) is 64.5 Å². The lowest BCUT2D eigenvalue weighted by Gasteiger charge is -2.45. The molecule has 1 saturated heterocycles. The maximum Gasteiger partial charge on any atom is -0.00190 e. The second kappa shape index (κ2) is 7.29. The van der Waals surface area contributed by atoms with Crippen molar-refractivity contribution in [2.75, 3.05) is 20.1 Å². The summed E-state index contributed by atoms with van der Waals surface area (Å²) in [7, 11) is 2.31. The van der Waals surface area contributed by atoms with E-state index in [-0.39, 0.29) is 0 Å². The predicted molar refractivity (Wildman–Crippen MR) is 86.9 cm³/mol. The van der Waals surface area contributed by atoms with Gasteiger partial charge in [0.05, 0.1) is 0 Å². The topological polar surface area (TPSA) is 3.24 Å². The van der Waals surface area contributed by atoms with E-state index in [2.05, 4.69) is 11.9 Å². The Balaban J connectivity index is 1.68. The molecule has 0 amide bonds. The maximum absolute atomic E-state index is 2.55. The average Bonchev–Trinajstić information content (AvgIpc) is 2.52. The first kappa shape index (κ1) is 14.9. The van der Waals surface area contributed by atoms with Crippen LogP contribution in [-0.4, -0.2) is 25.0 Å². The van der Waals surface area contributed by atoms with Crippen LogP contribution in [0.2, 0.25) is 0 Å². The summed E-state index contributed by atoms with van der Waals surface area (Å²) in [5.74, 6) is 4.36. The Labute approximate surface area is 126 Å². The van der Waals surface area contributed by atoms with Gasteiger partial charge in [0.1, 0.15) is 0 Å². The van der Waals surface area contributed by atoms with E-state index in [1.54, 1.807) is 25.7 Å². The number of rotatable bonds is 3. The third-order valence-electron chi connectivity index (χ3n) is 6.70. The van der Waals surface area contributed by atoms with E-state index in [0.29, 0.717) is 0 Å². The van der Waals surface area contributed by atoms with Gasteiger partial charge in [0.2, 0.25) is 0 Å². The summed E-state index contributed by atoms with van der Waals surface area (Å²) in [6.07, 6.45) is 18.4. The second-order valence-electron chi connectivity index (χ2n) is 8.01. The van der Waals surface area contributed by atoms with Crippen molar-refractivity contribution in [1.82, 2.24) is 4.90 Å². The monoisotopic (exact) mass is 277 g/mol. The second-order valence-corrected chi connectivity index (χ2v) is 8.01. The van der Waals surface area contributed by atoms with Crippen molar-refractivity contribution < 1.29 is 0 Å². The summed E-state index contributed by atoms with van der Waals surface area (Å²) in [4.78, 5) is 2.55. The quantitative estimate of drug-likeness (QED) is 0.693. The Morgan fingerprint density at radius 2 is 1.00 bits per heavy atom. The third kappa shape index (κ3) is 3.59. The number of hydrogen-bond donors (Lipinski definition) is 0. The van der Waals surface area contributed by atoms with Crippen molar-refractivity contribution in [3.63, 3.8) is 0 Å². The molecule has 2 aliphatic carbocycles. The molecule has 0 spiro atoms. The minimum atomic E-state index is 1.07. The lowest BCUT2D eigenvalue weighted by molar-refractivity contribution is 0.0520. The third-order valence-corrected chi connectivity index (χ3v) is 6.70. The van der Waals surface area contributed by atoms with E-state index in [1.807, 2.05) is 0 Å². The van der Waals surface area contributed by atoms with E-state index >= 15 is 0 Å². The predicted octanol–water partition coefficient (Wildman–Crippen LogP) is 5.11. The molecule has 3 fully saturated rings. The van der Waals surface area contributed by atoms with Gasteiger partial charge < -0.3 is 4.90 Å². The Hall–Kier alpha value is -0.0400. The van der Waals surface area contributed by atoms with Crippen molar-refractivity contribution in [1.29, 1.82) is 0 Å². The Kier molecular flexibility index (Phi) is 5.42. The molecule has 2 saturated carbocycles. The van der Waals surface area contributed by atoms with Crippen molar-refractivity contribution in [3.8, 4) is 0 Å². The molecule has 0 aromatic carbocycles. The van der Waals surface area contributed by atoms with E-state index in [0.717, 1.165) is 23.7 Å². The number of nitrogens with zero attached hydrogens (tertiary/aromatic N) is 1. The Morgan fingerprint density at radius 3 is 1.45 bits per heavy atom. The van der Waals surface area contributed by atoms with Gasteiger partial charge in [0.25, 0.3) is 0 Å². The van der Waals surface area contributed by atoms with Crippen LogP contribution in [0.1, 0.15) is 77.0 Å². The molecule has 0 bridgehead atoms. The van der Waals surface area contributed by atoms with Crippen LogP contribution in [0.5, 0.6) is 0 Å². The van der Waals surface area contributed by atoms with Crippen molar-refractivity contribution in [2.45, 2.75) is 77.0 Å². The number of hydrogen-bond acceptors (Lipinski definition) is 1. The van der Waals surface area contributed by atoms with Gasteiger partial charge in [0.15, 0.2) is 0 Å². The van der Waals surface area contributed by atoms with Crippen LogP contribution >= 0.6 is 0 Å². The largest absolute Gasteiger partial charge is 0.306 e. The fourth-order valence-corrected chi connectivity index (χ4v) is 5.61. The molecule has 0 atom stereocenters. The average molecular weight is 277 g/mol. The fourth-order valence-electron chi connectivity index (χ4n) is 5.61. The molecule has 3 rings (SSSR count). The molecule has 0 N–H and O–H groups in total. The van der Waals surface area contributed by atoms with Crippen LogP contribution in [0.25, 0.3) is 0 Å². The molecular formula is C19H35N. The maximum atomic E-state index is 2.55. The molecule has 0 aromatic heterocycles. The first-order valence-corrected chi connectivity index (χ1v) is 9.53. The highest BCUT2D eigenvalue weighted by molar-refractivity contribution is 4.88. The minimum absolute atomic E-state index is 1.07. The summed E-state index contributed by atoms with van der Waals surface area (Å²) >= 11 is 0. The van der Waals surface area contributed by atoms with E-state index < -0.39 is 0 Å². The number of likely N-dealkylation sites (tertiary alicyclic amines) is 1. The summed E-state index contributed by atoms with van der Waals surface area (Å²) < 4.78 is 0. The molecule has 1 heteroatoms. The highest BCUT2D eigenvalue weighted by Crippen LogP contribution is 2.46. The zero-order valence-corrected chi connectivity index (χ0v) is 13.7. The zero-order valence-electron chi connectivity index (χ0n) is 13.7. The fraction of sp³-hybridized carbons (Fsp3) is 1.00. The smallest absolute Gasteiger partial charge is 0.00190 e. The highest BCUT2D eigenvalue weighted by Gasteiger charge is 2.37. The van der Waals surface area contributed by atoms with Crippen molar-refractivity contribution >= 4 is 0 Å². The van der Waals surface area contributed by atoms with Crippen LogP contribution in [-0.2, 0) is 0 Å². The Morgan fingerprint density at radius 1 is 0.600 bits per heavy atom.